The molecule has 0 aliphatic carbocycles. The Morgan fingerprint density at radius 2 is 1.56 bits per heavy atom. The molecule has 2 aromatic carbocycles. The standard InChI is InChI=1S/C20H23NO4/c1-20(2,3)25-19(23)21-17-11-9-15(10-12-17)13-18(22)24-14-16-7-5-4-6-8-16/h4-12H,13-14H2,1-3H3,(H,21,23). The topological polar surface area (TPSA) is 64.6 Å². The first-order valence-electron chi connectivity index (χ1n) is 8.10. The number of hydrogen-bond donors (Lipinski definition) is 1. The fourth-order valence-corrected chi connectivity index (χ4v) is 2.08. The highest BCUT2D eigenvalue weighted by molar-refractivity contribution is 5.85. The van der Waals surface area contributed by atoms with Crippen LogP contribution in [0.2, 0.25) is 0 Å². The van der Waals surface area contributed by atoms with E-state index in [1.807, 2.05) is 30.3 Å². The Hall–Kier alpha value is -2.82. The molecule has 25 heavy (non-hydrogen) atoms. The fraction of sp³-hybridized carbons (Fsp3) is 0.300. The van der Waals surface area contributed by atoms with Crippen molar-refractivity contribution >= 4 is 17.7 Å². The van der Waals surface area contributed by atoms with E-state index in [0.29, 0.717) is 5.69 Å². The summed E-state index contributed by atoms with van der Waals surface area (Å²) < 4.78 is 10.4. The highest BCUT2D eigenvalue weighted by Gasteiger charge is 2.16. The van der Waals surface area contributed by atoms with Crippen LogP contribution in [0.15, 0.2) is 54.6 Å². The van der Waals surface area contributed by atoms with Crippen LogP contribution in [-0.4, -0.2) is 17.7 Å². The molecule has 2 aromatic rings. The zero-order valence-electron chi connectivity index (χ0n) is 14.7. The highest BCUT2D eigenvalue weighted by atomic mass is 16.6. The highest BCUT2D eigenvalue weighted by Crippen LogP contribution is 2.14. The van der Waals surface area contributed by atoms with Gasteiger partial charge in [0.2, 0.25) is 0 Å². The maximum Gasteiger partial charge on any atom is 0.412 e. The molecule has 2 rings (SSSR count). The normalized spacial score (nSPS) is 10.8. The van der Waals surface area contributed by atoms with Gasteiger partial charge in [-0.15, -0.1) is 0 Å². The maximum atomic E-state index is 11.9. The molecule has 0 heterocycles. The van der Waals surface area contributed by atoms with Crippen LogP contribution in [-0.2, 0) is 27.3 Å². The van der Waals surface area contributed by atoms with Gasteiger partial charge in [0, 0.05) is 5.69 Å². The van der Waals surface area contributed by atoms with E-state index in [9.17, 15) is 9.59 Å². The molecule has 1 N–H and O–H groups in total. The first-order valence-corrected chi connectivity index (χ1v) is 8.10. The Labute approximate surface area is 148 Å². The second-order valence-electron chi connectivity index (χ2n) is 6.65. The Kier molecular flexibility index (Phi) is 6.17. The Morgan fingerprint density at radius 3 is 2.16 bits per heavy atom. The third kappa shape index (κ3) is 7.08. The van der Waals surface area contributed by atoms with Crippen molar-refractivity contribution in [3.05, 3.63) is 65.7 Å². The van der Waals surface area contributed by atoms with Crippen molar-refractivity contribution in [1.82, 2.24) is 0 Å². The molecule has 0 aliphatic rings. The second-order valence-corrected chi connectivity index (χ2v) is 6.65. The summed E-state index contributed by atoms with van der Waals surface area (Å²) in [6.07, 6.45) is -0.331. The minimum absolute atomic E-state index is 0.180. The molecule has 0 fully saturated rings. The van der Waals surface area contributed by atoms with Crippen LogP contribution in [0.3, 0.4) is 0 Å². The molecule has 0 aromatic heterocycles. The van der Waals surface area contributed by atoms with Crippen molar-refractivity contribution in [3.8, 4) is 0 Å². The molecular formula is C20H23NO4. The lowest BCUT2D eigenvalue weighted by Gasteiger charge is -2.19. The average molecular weight is 341 g/mol. The van der Waals surface area contributed by atoms with Crippen molar-refractivity contribution in [2.75, 3.05) is 5.32 Å². The van der Waals surface area contributed by atoms with Crippen LogP contribution >= 0.6 is 0 Å². The van der Waals surface area contributed by atoms with Gasteiger partial charge in [-0.25, -0.2) is 4.79 Å². The third-order valence-electron chi connectivity index (χ3n) is 3.19. The van der Waals surface area contributed by atoms with Crippen LogP contribution in [0, 0.1) is 0 Å². The van der Waals surface area contributed by atoms with Gasteiger partial charge in [-0.05, 0) is 44.0 Å². The number of ether oxygens (including phenoxy) is 2. The largest absolute Gasteiger partial charge is 0.461 e. The number of anilines is 1. The Balaban J connectivity index is 1.81. The van der Waals surface area contributed by atoms with E-state index in [0.717, 1.165) is 11.1 Å². The van der Waals surface area contributed by atoms with Crippen molar-refractivity contribution < 1.29 is 19.1 Å². The third-order valence-corrected chi connectivity index (χ3v) is 3.19. The fourth-order valence-electron chi connectivity index (χ4n) is 2.08. The van der Waals surface area contributed by atoms with Crippen LogP contribution in [0.25, 0.3) is 0 Å². The molecular weight excluding hydrogens is 318 g/mol. The summed E-state index contributed by atoms with van der Waals surface area (Å²) in [5.74, 6) is -0.295. The predicted molar refractivity (Wildman–Crippen MR) is 96.2 cm³/mol. The van der Waals surface area contributed by atoms with Gasteiger partial charge in [-0.2, -0.15) is 0 Å². The molecule has 0 atom stereocenters. The molecule has 0 bridgehead atoms. The van der Waals surface area contributed by atoms with Gasteiger partial charge >= 0.3 is 12.1 Å². The monoisotopic (exact) mass is 341 g/mol. The SMILES string of the molecule is CC(C)(C)OC(=O)Nc1ccc(CC(=O)OCc2ccccc2)cc1. The van der Waals surface area contributed by atoms with Crippen LogP contribution < -0.4 is 5.32 Å². The molecule has 1 amide bonds. The summed E-state index contributed by atoms with van der Waals surface area (Å²) >= 11 is 0. The zero-order valence-corrected chi connectivity index (χ0v) is 14.7. The lowest BCUT2D eigenvalue weighted by Crippen LogP contribution is -2.27. The summed E-state index contributed by atoms with van der Waals surface area (Å²) in [7, 11) is 0. The lowest BCUT2D eigenvalue weighted by molar-refractivity contribution is -0.144. The number of rotatable bonds is 5. The molecule has 5 heteroatoms. The minimum atomic E-state index is -0.549. The van der Waals surface area contributed by atoms with Crippen molar-refractivity contribution in [2.24, 2.45) is 0 Å². The number of hydrogen-bond acceptors (Lipinski definition) is 4. The van der Waals surface area contributed by atoms with Crippen LogP contribution in [0.5, 0.6) is 0 Å². The number of benzene rings is 2. The van der Waals surface area contributed by atoms with E-state index in [1.54, 1.807) is 45.0 Å². The lowest BCUT2D eigenvalue weighted by atomic mass is 10.1. The number of carbonyl (C=O) groups is 2. The average Bonchev–Trinajstić information content (AvgIpc) is 2.54. The van der Waals surface area contributed by atoms with E-state index >= 15 is 0 Å². The maximum absolute atomic E-state index is 11.9. The minimum Gasteiger partial charge on any atom is -0.461 e. The molecule has 0 saturated heterocycles. The van der Waals surface area contributed by atoms with Gasteiger partial charge in [0.15, 0.2) is 0 Å². The molecule has 0 radical (unpaired) electrons. The smallest absolute Gasteiger partial charge is 0.412 e. The first kappa shape index (κ1) is 18.5. The van der Waals surface area contributed by atoms with Gasteiger partial charge in [-0.3, -0.25) is 10.1 Å². The summed E-state index contributed by atoms with van der Waals surface area (Å²) in [6, 6.07) is 16.5. The Morgan fingerprint density at radius 1 is 0.920 bits per heavy atom. The van der Waals surface area contributed by atoms with E-state index < -0.39 is 11.7 Å². The molecule has 0 aliphatic heterocycles. The van der Waals surface area contributed by atoms with Gasteiger partial charge in [0.05, 0.1) is 6.42 Å². The number of carbonyl (C=O) groups excluding carboxylic acids is 2. The van der Waals surface area contributed by atoms with Crippen molar-refractivity contribution in [3.63, 3.8) is 0 Å². The van der Waals surface area contributed by atoms with E-state index in [-0.39, 0.29) is 19.0 Å². The van der Waals surface area contributed by atoms with Crippen LogP contribution in [0.4, 0.5) is 10.5 Å². The summed E-state index contributed by atoms with van der Waals surface area (Å²) in [6.45, 7) is 5.67. The number of nitrogens with one attached hydrogen (secondary N) is 1. The van der Waals surface area contributed by atoms with Crippen molar-refractivity contribution in [2.45, 2.75) is 39.4 Å². The van der Waals surface area contributed by atoms with Crippen LogP contribution in [0.1, 0.15) is 31.9 Å². The van der Waals surface area contributed by atoms with Gasteiger partial charge < -0.3 is 9.47 Å². The van der Waals surface area contributed by atoms with E-state index in [2.05, 4.69) is 5.32 Å². The van der Waals surface area contributed by atoms with E-state index in [1.165, 1.54) is 0 Å². The summed E-state index contributed by atoms with van der Waals surface area (Å²) in [5, 5.41) is 2.65. The Bertz CT molecular complexity index is 703. The second kappa shape index (κ2) is 8.33. The van der Waals surface area contributed by atoms with Gasteiger partial charge in [0.25, 0.3) is 0 Å². The molecule has 132 valence electrons. The first-order chi connectivity index (χ1) is 11.8. The summed E-state index contributed by atoms with van der Waals surface area (Å²) in [4.78, 5) is 23.6. The number of esters is 1. The predicted octanol–water partition coefficient (Wildman–Crippen LogP) is 4.32. The molecule has 0 unspecified atom stereocenters. The van der Waals surface area contributed by atoms with Crippen molar-refractivity contribution in [1.29, 1.82) is 0 Å². The van der Waals surface area contributed by atoms with Gasteiger partial charge in [-0.1, -0.05) is 42.5 Å². The summed E-state index contributed by atoms with van der Waals surface area (Å²) in [5.41, 5.74) is 1.82. The number of amides is 1. The van der Waals surface area contributed by atoms with E-state index in [4.69, 9.17) is 9.47 Å². The van der Waals surface area contributed by atoms with Gasteiger partial charge in [0.1, 0.15) is 12.2 Å². The quantitative estimate of drug-likeness (QED) is 0.823. The molecule has 0 spiro atoms. The molecule has 0 saturated carbocycles. The molecule has 5 nitrogen and oxygen atoms in total. The zero-order chi connectivity index (χ0) is 18.3.